The Morgan fingerprint density at radius 3 is 2.75 bits per heavy atom. The van der Waals surface area contributed by atoms with E-state index in [2.05, 4.69) is 36.1 Å². The summed E-state index contributed by atoms with van der Waals surface area (Å²) < 4.78 is 6.29. The molecule has 3 atom stereocenters. The minimum Gasteiger partial charge on any atom is -0.373 e. The van der Waals surface area contributed by atoms with Gasteiger partial charge in [0.25, 0.3) is 0 Å². The summed E-state index contributed by atoms with van der Waals surface area (Å²) >= 11 is 0. The minimum absolute atomic E-state index is 0.118. The van der Waals surface area contributed by atoms with Gasteiger partial charge in [-0.15, -0.1) is 0 Å². The standard InChI is InChI=1S/C16H27N3O/c1-4-19-15(14-10-17-12-18-11-14)16(20-5-2)8-6-7-13(3)9-16/h10-13,15,19H,4-9H2,1-3H3. The SMILES string of the molecule is CCNC(c1cncnc1)C1(OCC)CCCC(C)C1. The number of ether oxygens (including phenoxy) is 1. The highest BCUT2D eigenvalue weighted by Gasteiger charge is 2.43. The molecule has 1 N–H and O–H groups in total. The molecular formula is C16H27N3O. The third-order valence-electron chi connectivity index (χ3n) is 4.27. The molecule has 0 aliphatic heterocycles. The van der Waals surface area contributed by atoms with Gasteiger partial charge in [0, 0.05) is 24.6 Å². The summed E-state index contributed by atoms with van der Waals surface area (Å²) in [7, 11) is 0. The summed E-state index contributed by atoms with van der Waals surface area (Å²) in [6.45, 7) is 8.23. The molecule has 1 saturated carbocycles. The Labute approximate surface area is 122 Å². The monoisotopic (exact) mass is 277 g/mol. The van der Waals surface area contributed by atoms with E-state index in [1.165, 1.54) is 12.8 Å². The molecule has 1 heterocycles. The van der Waals surface area contributed by atoms with Gasteiger partial charge < -0.3 is 10.1 Å². The molecule has 0 amide bonds. The van der Waals surface area contributed by atoms with Crippen LogP contribution >= 0.6 is 0 Å². The number of nitrogens with one attached hydrogen (secondary N) is 1. The molecule has 2 rings (SSSR count). The zero-order chi connectivity index (χ0) is 14.4. The molecule has 1 aliphatic rings. The van der Waals surface area contributed by atoms with Crippen molar-refractivity contribution >= 4 is 0 Å². The first kappa shape index (κ1) is 15.4. The molecule has 112 valence electrons. The molecule has 3 unspecified atom stereocenters. The van der Waals surface area contributed by atoms with Crippen LogP contribution in [0.4, 0.5) is 0 Å². The molecular weight excluding hydrogens is 250 g/mol. The number of nitrogens with zero attached hydrogens (tertiary/aromatic N) is 2. The fraction of sp³-hybridized carbons (Fsp3) is 0.750. The third kappa shape index (κ3) is 3.36. The fourth-order valence-electron chi connectivity index (χ4n) is 3.58. The number of rotatable bonds is 6. The van der Waals surface area contributed by atoms with Crippen molar-refractivity contribution < 1.29 is 4.74 Å². The van der Waals surface area contributed by atoms with Crippen LogP contribution in [-0.4, -0.2) is 28.7 Å². The maximum atomic E-state index is 6.29. The van der Waals surface area contributed by atoms with Crippen molar-refractivity contribution in [2.45, 2.75) is 58.1 Å². The molecule has 1 aromatic rings. The molecule has 0 saturated heterocycles. The lowest BCUT2D eigenvalue weighted by molar-refractivity contribution is -0.101. The van der Waals surface area contributed by atoms with Crippen LogP contribution in [0.3, 0.4) is 0 Å². The summed E-state index contributed by atoms with van der Waals surface area (Å²) in [5.41, 5.74) is 1.02. The molecule has 20 heavy (non-hydrogen) atoms. The van der Waals surface area contributed by atoms with Crippen molar-refractivity contribution in [1.29, 1.82) is 0 Å². The molecule has 0 spiro atoms. The van der Waals surface area contributed by atoms with Crippen LogP contribution in [0.15, 0.2) is 18.7 Å². The largest absolute Gasteiger partial charge is 0.373 e. The highest BCUT2D eigenvalue weighted by Crippen LogP contribution is 2.43. The molecule has 1 aliphatic carbocycles. The topological polar surface area (TPSA) is 47.0 Å². The summed E-state index contributed by atoms with van der Waals surface area (Å²) in [6, 6.07) is 0.177. The number of hydrogen-bond acceptors (Lipinski definition) is 4. The first-order valence-corrected chi connectivity index (χ1v) is 7.84. The highest BCUT2D eigenvalue weighted by molar-refractivity contribution is 5.16. The van der Waals surface area contributed by atoms with Gasteiger partial charge >= 0.3 is 0 Å². The molecule has 0 radical (unpaired) electrons. The van der Waals surface area contributed by atoms with E-state index in [1.807, 2.05) is 12.4 Å². The van der Waals surface area contributed by atoms with Gasteiger partial charge in [-0.05, 0) is 32.2 Å². The highest BCUT2D eigenvalue weighted by atomic mass is 16.5. The maximum Gasteiger partial charge on any atom is 0.115 e. The zero-order valence-corrected chi connectivity index (χ0v) is 12.9. The van der Waals surface area contributed by atoms with Gasteiger partial charge in [-0.25, -0.2) is 9.97 Å². The molecule has 0 bridgehead atoms. The van der Waals surface area contributed by atoms with E-state index in [0.717, 1.165) is 31.6 Å². The molecule has 1 fully saturated rings. The van der Waals surface area contributed by atoms with Gasteiger partial charge in [0.1, 0.15) is 6.33 Å². The second-order valence-corrected chi connectivity index (χ2v) is 5.86. The van der Waals surface area contributed by atoms with Gasteiger partial charge in [0.05, 0.1) is 11.6 Å². The summed E-state index contributed by atoms with van der Waals surface area (Å²) in [5.74, 6) is 0.709. The van der Waals surface area contributed by atoms with E-state index in [1.54, 1.807) is 6.33 Å². The van der Waals surface area contributed by atoms with Crippen LogP contribution in [0, 0.1) is 5.92 Å². The predicted molar refractivity (Wildman–Crippen MR) is 80.4 cm³/mol. The number of aromatic nitrogens is 2. The van der Waals surface area contributed by atoms with E-state index in [-0.39, 0.29) is 11.6 Å². The Kier molecular flexibility index (Phi) is 5.49. The summed E-state index contributed by atoms with van der Waals surface area (Å²) in [5, 5.41) is 3.61. The zero-order valence-electron chi connectivity index (χ0n) is 12.9. The van der Waals surface area contributed by atoms with Crippen molar-refractivity contribution in [3.63, 3.8) is 0 Å². The Balaban J connectivity index is 2.31. The van der Waals surface area contributed by atoms with Crippen LogP contribution in [-0.2, 0) is 4.74 Å². The quantitative estimate of drug-likeness (QED) is 0.868. The molecule has 4 nitrogen and oxygen atoms in total. The molecule has 1 aromatic heterocycles. The summed E-state index contributed by atoms with van der Waals surface area (Å²) in [4.78, 5) is 8.37. The number of likely N-dealkylation sites (N-methyl/N-ethyl adjacent to an activating group) is 1. The van der Waals surface area contributed by atoms with Crippen molar-refractivity contribution in [3.05, 3.63) is 24.3 Å². The smallest absolute Gasteiger partial charge is 0.115 e. The minimum atomic E-state index is -0.118. The second-order valence-electron chi connectivity index (χ2n) is 5.86. The van der Waals surface area contributed by atoms with Crippen LogP contribution in [0.1, 0.15) is 58.1 Å². The maximum absolute atomic E-state index is 6.29. The Morgan fingerprint density at radius 1 is 1.40 bits per heavy atom. The van der Waals surface area contributed by atoms with Crippen molar-refractivity contribution in [2.24, 2.45) is 5.92 Å². The fourth-order valence-corrected chi connectivity index (χ4v) is 3.58. The Hall–Kier alpha value is -1.00. The van der Waals surface area contributed by atoms with Crippen LogP contribution in [0.25, 0.3) is 0 Å². The van der Waals surface area contributed by atoms with E-state index >= 15 is 0 Å². The third-order valence-corrected chi connectivity index (χ3v) is 4.27. The summed E-state index contributed by atoms with van der Waals surface area (Å²) in [6.07, 6.45) is 10.2. The van der Waals surface area contributed by atoms with Gasteiger partial charge in [0.15, 0.2) is 0 Å². The van der Waals surface area contributed by atoms with Crippen LogP contribution < -0.4 is 5.32 Å². The number of hydrogen-bond donors (Lipinski definition) is 1. The van der Waals surface area contributed by atoms with E-state index in [0.29, 0.717) is 5.92 Å². The molecule has 0 aromatic carbocycles. The Bertz CT molecular complexity index is 394. The van der Waals surface area contributed by atoms with Crippen molar-refractivity contribution in [1.82, 2.24) is 15.3 Å². The lowest BCUT2D eigenvalue weighted by Gasteiger charge is -2.45. The van der Waals surface area contributed by atoms with E-state index in [4.69, 9.17) is 4.74 Å². The first-order chi connectivity index (χ1) is 9.72. The lowest BCUT2D eigenvalue weighted by Crippen LogP contribution is -2.49. The second kappa shape index (κ2) is 7.14. The normalized spacial score (nSPS) is 28.2. The van der Waals surface area contributed by atoms with Crippen molar-refractivity contribution in [2.75, 3.05) is 13.2 Å². The average molecular weight is 277 g/mol. The first-order valence-electron chi connectivity index (χ1n) is 7.84. The van der Waals surface area contributed by atoms with Gasteiger partial charge in [-0.1, -0.05) is 26.7 Å². The van der Waals surface area contributed by atoms with Gasteiger partial charge in [-0.3, -0.25) is 0 Å². The Morgan fingerprint density at radius 2 is 2.15 bits per heavy atom. The van der Waals surface area contributed by atoms with Gasteiger partial charge in [0.2, 0.25) is 0 Å². The van der Waals surface area contributed by atoms with Gasteiger partial charge in [-0.2, -0.15) is 0 Å². The van der Waals surface area contributed by atoms with Crippen LogP contribution in [0.2, 0.25) is 0 Å². The molecule has 4 heteroatoms. The lowest BCUT2D eigenvalue weighted by atomic mass is 9.73. The average Bonchev–Trinajstić information content (AvgIpc) is 2.46. The van der Waals surface area contributed by atoms with E-state index < -0.39 is 0 Å². The van der Waals surface area contributed by atoms with E-state index in [9.17, 15) is 0 Å². The van der Waals surface area contributed by atoms with Crippen molar-refractivity contribution in [3.8, 4) is 0 Å². The van der Waals surface area contributed by atoms with Crippen LogP contribution in [0.5, 0.6) is 0 Å². The predicted octanol–water partition coefficient (Wildman–Crippen LogP) is 3.11.